The molecule has 1 aromatic rings. The van der Waals surface area contributed by atoms with Crippen LogP contribution in [0.15, 0.2) is 24.3 Å². The molecule has 4 heteroatoms. The molecule has 72 valence electrons. The molecule has 0 radical (unpaired) electrons. The summed E-state index contributed by atoms with van der Waals surface area (Å²) < 4.78 is 0. The molecule has 0 bridgehead atoms. The number of hydrogen-bond donors (Lipinski definition) is 2. The van der Waals surface area contributed by atoms with E-state index in [0.29, 0.717) is 5.02 Å². The van der Waals surface area contributed by atoms with Gasteiger partial charge in [-0.1, -0.05) is 23.8 Å². The van der Waals surface area contributed by atoms with Gasteiger partial charge >= 0.3 is 5.97 Å². The van der Waals surface area contributed by atoms with E-state index in [2.05, 4.69) is 5.32 Å². The van der Waals surface area contributed by atoms with Crippen LogP contribution in [0.1, 0.15) is 5.56 Å². The SMILES string of the molecule is O=C(O)C1C=Cc2cc(Cl)ccc2N1. The van der Waals surface area contributed by atoms with Crippen molar-refractivity contribution < 1.29 is 9.90 Å². The van der Waals surface area contributed by atoms with Crippen LogP contribution < -0.4 is 5.32 Å². The summed E-state index contributed by atoms with van der Waals surface area (Å²) in [7, 11) is 0. The third-order valence-corrected chi connectivity index (χ3v) is 2.29. The van der Waals surface area contributed by atoms with Crippen LogP contribution in [0.3, 0.4) is 0 Å². The van der Waals surface area contributed by atoms with Crippen molar-refractivity contribution in [2.24, 2.45) is 0 Å². The molecule has 0 amide bonds. The summed E-state index contributed by atoms with van der Waals surface area (Å²) in [5, 5.41) is 12.3. The summed E-state index contributed by atoms with van der Waals surface area (Å²) in [5.74, 6) is -0.887. The van der Waals surface area contributed by atoms with Gasteiger partial charge in [0.1, 0.15) is 6.04 Å². The third kappa shape index (κ3) is 1.59. The Morgan fingerprint density at radius 1 is 1.50 bits per heavy atom. The highest BCUT2D eigenvalue weighted by Gasteiger charge is 2.18. The normalized spacial score (nSPS) is 18.5. The first kappa shape index (κ1) is 9.09. The molecule has 3 nitrogen and oxygen atoms in total. The summed E-state index contributed by atoms with van der Waals surface area (Å²) in [6.07, 6.45) is 3.36. The molecule has 1 unspecified atom stereocenters. The number of hydrogen-bond acceptors (Lipinski definition) is 2. The molecule has 0 spiro atoms. The first-order valence-corrected chi connectivity index (χ1v) is 4.52. The standard InChI is InChI=1S/C10H8ClNO2/c11-7-2-4-8-6(5-7)1-3-9(12-8)10(13)14/h1-5,9,12H,(H,13,14). The van der Waals surface area contributed by atoms with E-state index in [1.165, 1.54) is 0 Å². The second-order valence-corrected chi connectivity index (χ2v) is 3.49. The maximum atomic E-state index is 10.7. The maximum Gasteiger partial charge on any atom is 0.330 e. The molecule has 1 heterocycles. The first-order valence-electron chi connectivity index (χ1n) is 4.14. The minimum absolute atomic E-state index is 0.643. The molecule has 0 saturated heterocycles. The molecule has 1 aliphatic heterocycles. The van der Waals surface area contributed by atoms with Gasteiger partial charge in [0.05, 0.1) is 0 Å². The molecule has 14 heavy (non-hydrogen) atoms. The monoisotopic (exact) mass is 209 g/mol. The fourth-order valence-electron chi connectivity index (χ4n) is 1.36. The zero-order valence-electron chi connectivity index (χ0n) is 7.20. The maximum absolute atomic E-state index is 10.7. The molecule has 1 aliphatic rings. The lowest BCUT2D eigenvalue weighted by Gasteiger charge is -2.18. The lowest BCUT2D eigenvalue weighted by atomic mass is 10.1. The molecule has 1 atom stereocenters. The second-order valence-electron chi connectivity index (χ2n) is 3.05. The lowest BCUT2D eigenvalue weighted by molar-refractivity contribution is -0.136. The molecule has 0 saturated carbocycles. The van der Waals surface area contributed by atoms with Crippen molar-refractivity contribution >= 4 is 29.3 Å². The minimum Gasteiger partial charge on any atom is -0.479 e. The molecular weight excluding hydrogens is 202 g/mol. The Morgan fingerprint density at radius 3 is 3.00 bits per heavy atom. The molecule has 1 aromatic carbocycles. The Bertz CT molecular complexity index is 415. The topological polar surface area (TPSA) is 49.3 Å². The average Bonchev–Trinajstić information content (AvgIpc) is 2.16. The van der Waals surface area contributed by atoms with Crippen molar-refractivity contribution in [2.45, 2.75) is 6.04 Å². The third-order valence-electron chi connectivity index (χ3n) is 2.06. The van der Waals surface area contributed by atoms with Crippen molar-refractivity contribution in [1.29, 1.82) is 0 Å². The number of nitrogens with one attached hydrogen (secondary N) is 1. The van der Waals surface area contributed by atoms with Crippen LogP contribution in [0.2, 0.25) is 5.02 Å². The molecule has 0 aliphatic carbocycles. The Kier molecular flexibility index (Phi) is 2.17. The lowest BCUT2D eigenvalue weighted by Crippen LogP contribution is -2.28. The van der Waals surface area contributed by atoms with E-state index in [1.807, 2.05) is 0 Å². The van der Waals surface area contributed by atoms with Crippen LogP contribution in [-0.2, 0) is 4.79 Å². The van der Waals surface area contributed by atoms with Crippen LogP contribution in [0.5, 0.6) is 0 Å². The summed E-state index contributed by atoms with van der Waals surface area (Å²) in [6.45, 7) is 0. The van der Waals surface area contributed by atoms with Gasteiger partial charge in [0.25, 0.3) is 0 Å². The van der Waals surface area contributed by atoms with Gasteiger partial charge in [0.15, 0.2) is 0 Å². The second kappa shape index (κ2) is 3.35. The van der Waals surface area contributed by atoms with Crippen molar-refractivity contribution in [3.05, 3.63) is 34.9 Å². The number of benzene rings is 1. The zero-order chi connectivity index (χ0) is 10.1. The minimum atomic E-state index is -0.887. The average molecular weight is 210 g/mol. The highest BCUT2D eigenvalue weighted by molar-refractivity contribution is 6.30. The summed E-state index contributed by atoms with van der Waals surface area (Å²) in [6, 6.07) is 4.64. The predicted octanol–water partition coefficient (Wildman–Crippen LogP) is 2.23. The van der Waals surface area contributed by atoms with E-state index in [4.69, 9.17) is 16.7 Å². The molecule has 2 N–H and O–H groups in total. The van der Waals surface area contributed by atoms with Gasteiger partial charge in [0, 0.05) is 10.7 Å². The Labute approximate surface area is 86.0 Å². The molecular formula is C10H8ClNO2. The molecule has 0 fully saturated rings. The number of halogens is 1. The number of carbonyl (C=O) groups is 1. The van der Waals surface area contributed by atoms with Gasteiger partial charge in [0.2, 0.25) is 0 Å². The van der Waals surface area contributed by atoms with E-state index in [9.17, 15) is 4.79 Å². The van der Waals surface area contributed by atoms with E-state index in [0.717, 1.165) is 11.3 Å². The molecule has 2 rings (SSSR count). The number of anilines is 1. The van der Waals surface area contributed by atoms with Gasteiger partial charge in [-0.15, -0.1) is 0 Å². The number of fused-ring (bicyclic) bond motifs is 1. The number of carboxylic acids is 1. The highest BCUT2D eigenvalue weighted by Crippen LogP contribution is 2.26. The van der Waals surface area contributed by atoms with Crippen molar-refractivity contribution in [1.82, 2.24) is 0 Å². The van der Waals surface area contributed by atoms with E-state index >= 15 is 0 Å². The van der Waals surface area contributed by atoms with E-state index < -0.39 is 12.0 Å². The van der Waals surface area contributed by atoms with Crippen LogP contribution in [0.4, 0.5) is 5.69 Å². The van der Waals surface area contributed by atoms with Crippen molar-refractivity contribution in [3.8, 4) is 0 Å². The summed E-state index contributed by atoms with van der Waals surface area (Å²) >= 11 is 5.80. The largest absolute Gasteiger partial charge is 0.479 e. The van der Waals surface area contributed by atoms with Crippen molar-refractivity contribution in [2.75, 3.05) is 5.32 Å². The fraction of sp³-hybridized carbons (Fsp3) is 0.100. The number of aliphatic carboxylic acids is 1. The Morgan fingerprint density at radius 2 is 2.29 bits per heavy atom. The fourth-order valence-corrected chi connectivity index (χ4v) is 1.54. The Hall–Kier alpha value is -1.48. The first-order chi connectivity index (χ1) is 6.66. The van der Waals surface area contributed by atoms with Gasteiger partial charge in [-0.3, -0.25) is 0 Å². The van der Waals surface area contributed by atoms with Crippen LogP contribution in [-0.4, -0.2) is 17.1 Å². The van der Waals surface area contributed by atoms with Crippen LogP contribution in [0, 0.1) is 0 Å². The highest BCUT2D eigenvalue weighted by atomic mass is 35.5. The quantitative estimate of drug-likeness (QED) is 0.746. The van der Waals surface area contributed by atoms with Gasteiger partial charge in [-0.25, -0.2) is 4.79 Å². The van der Waals surface area contributed by atoms with Gasteiger partial charge in [-0.2, -0.15) is 0 Å². The van der Waals surface area contributed by atoms with Gasteiger partial charge in [-0.05, 0) is 23.8 Å². The van der Waals surface area contributed by atoms with Crippen molar-refractivity contribution in [3.63, 3.8) is 0 Å². The smallest absolute Gasteiger partial charge is 0.330 e. The van der Waals surface area contributed by atoms with Gasteiger partial charge < -0.3 is 10.4 Å². The predicted molar refractivity (Wildman–Crippen MR) is 55.5 cm³/mol. The van der Waals surface area contributed by atoms with Crippen LogP contribution in [0.25, 0.3) is 6.08 Å². The van der Waals surface area contributed by atoms with E-state index in [-0.39, 0.29) is 0 Å². The Balaban J connectivity index is 2.36. The summed E-state index contributed by atoms with van der Waals surface area (Å²) in [5.41, 5.74) is 1.71. The number of carboxylic acid groups (broad SMARTS) is 1. The van der Waals surface area contributed by atoms with E-state index in [1.54, 1.807) is 30.4 Å². The zero-order valence-corrected chi connectivity index (χ0v) is 7.95. The molecule has 0 aromatic heterocycles. The van der Waals surface area contributed by atoms with Crippen LogP contribution >= 0.6 is 11.6 Å². The summed E-state index contributed by atoms with van der Waals surface area (Å²) in [4.78, 5) is 10.7. The number of rotatable bonds is 1.